The van der Waals surface area contributed by atoms with Gasteiger partial charge < -0.3 is 23.5 Å². The Labute approximate surface area is 204 Å². The highest BCUT2D eigenvalue weighted by atomic mass is 31.0. The van der Waals surface area contributed by atoms with E-state index in [0.29, 0.717) is 20.4 Å². The highest BCUT2D eigenvalue weighted by molar-refractivity contribution is 7.00. The van der Waals surface area contributed by atoms with Crippen molar-refractivity contribution in [1.29, 1.82) is 0 Å². The van der Waals surface area contributed by atoms with E-state index in [9.17, 15) is 9.59 Å². The normalized spacial score (nSPS) is 12.6. The second-order valence-electron chi connectivity index (χ2n) is 9.11. The molecule has 0 radical (unpaired) electrons. The maximum absolute atomic E-state index is 13.7. The van der Waals surface area contributed by atoms with Crippen molar-refractivity contribution in [2.75, 3.05) is 27.9 Å². The molecule has 2 aromatic rings. The topological polar surface area (TPSA) is 88.1 Å². The van der Waals surface area contributed by atoms with Gasteiger partial charge in [0.2, 0.25) is 0 Å². The molecule has 0 N–H and O–H groups in total. The van der Waals surface area contributed by atoms with E-state index in [2.05, 4.69) is 20.8 Å². The van der Waals surface area contributed by atoms with E-state index in [1.807, 2.05) is 13.0 Å². The molecule has 2 aromatic carbocycles. The zero-order valence-corrected chi connectivity index (χ0v) is 22.6. The number of Topliss-reactive ketones (excluding diaryl/α,β-unsaturated/α-hetero) is 1. The molecule has 3 unspecified atom stereocenters. The Morgan fingerprint density at radius 1 is 0.912 bits per heavy atom. The van der Waals surface area contributed by atoms with Gasteiger partial charge in [-0.2, -0.15) is 0 Å². The summed E-state index contributed by atoms with van der Waals surface area (Å²) in [6.07, 6.45) is 0.893. The molecular formula is C26H37O7P. The standard InChI is InChI=1S/C26H34O6.H3OP/c1-17(15-26(2,3)4)16-32-25(28)22(18-11-9-8-10-12-18)24(27)23-20(30-6)13-19(29-5)14-21(23)31-7;1-2/h8-14,17,22H,15-16H2,1-7H3;2H3. The lowest BCUT2D eigenvalue weighted by Gasteiger charge is -2.24. The molecule has 8 heteroatoms. The van der Waals surface area contributed by atoms with E-state index in [4.69, 9.17) is 23.5 Å². The number of carbonyl (C=O) groups excluding carboxylic acids is 2. The largest absolute Gasteiger partial charge is 0.496 e. The lowest BCUT2D eigenvalue weighted by Crippen LogP contribution is -2.27. The van der Waals surface area contributed by atoms with E-state index in [1.165, 1.54) is 21.3 Å². The maximum atomic E-state index is 13.7. The average Bonchev–Trinajstić information content (AvgIpc) is 2.82. The van der Waals surface area contributed by atoms with Gasteiger partial charge in [0.15, 0.2) is 5.78 Å². The molecule has 7 nitrogen and oxygen atoms in total. The zero-order valence-electron chi connectivity index (χ0n) is 21.2. The molecule has 0 saturated heterocycles. The quantitative estimate of drug-likeness (QED) is 0.194. The number of esters is 1. The lowest BCUT2D eigenvalue weighted by atomic mass is 9.86. The molecule has 3 atom stereocenters. The van der Waals surface area contributed by atoms with Gasteiger partial charge in [-0.25, -0.2) is 0 Å². The van der Waals surface area contributed by atoms with Gasteiger partial charge in [-0.15, -0.1) is 0 Å². The van der Waals surface area contributed by atoms with Gasteiger partial charge in [0.25, 0.3) is 0 Å². The molecule has 0 aliphatic heterocycles. The monoisotopic (exact) mass is 492 g/mol. The first-order valence-corrected chi connectivity index (χ1v) is 11.5. The first-order valence-electron chi connectivity index (χ1n) is 11.0. The zero-order chi connectivity index (χ0) is 25.9. The SMILES string of the molecule is COc1cc(OC)c(C(=O)C(C(=O)OCC(C)CC(C)(C)C)c2ccccc2)c(OC)c1.O=[PH3]. The summed E-state index contributed by atoms with van der Waals surface area (Å²) in [5, 5.41) is 0. The van der Waals surface area contributed by atoms with Crippen LogP contribution in [0.5, 0.6) is 17.2 Å². The van der Waals surface area contributed by atoms with E-state index in [-0.39, 0.29) is 35.0 Å². The number of methoxy groups -OCH3 is 3. The van der Waals surface area contributed by atoms with Crippen LogP contribution in [-0.2, 0) is 14.1 Å². The summed E-state index contributed by atoms with van der Waals surface area (Å²) in [4.78, 5) is 26.9. The van der Waals surface area contributed by atoms with Crippen molar-refractivity contribution in [2.45, 2.75) is 40.0 Å². The first kappa shape index (κ1) is 29.2. The molecule has 0 amide bonds. The van der Waals surface area contributed by atoms with Gasteiger partial charge in [-0.3, -0.25) is 9.59 Å². The number of benzene rings is 2. The van der Waals surface area contributed by atoms with Crippen LogP contribution in [-0.4, -0.2) is 39.7 Å². The second-order valence-corrected chi connectivity index (χ2v) is 9.11. The molecule has 2 rings (SSSR count). The third kappa shape index (κ3) is 8.21. The number of hydrogen-bond donors (Lipinski definition) is 0. The Hall–Kier alpha value is -2.79. The second kappa shape index (κ2) is 13.8. The van der Waals surface area contributed by atoms with Gasteiger partial charge in [0.05, 0.1) is 37.1 Å². The summed E-state index contributed by atoms with van der Waals surface area (Å²) in [7, 11) is 5.03. The first-order chi connectivity index (χ1) is 16.1. The average molecular weight is 493 g/mol. The lowest BCUT2D eigenvalue weighted by molar-refractivity contribution is -0.145. The summed E-state index contributed by atoms with van der Waals surface area (Å²) >= 11 is 0. The number of hydrogen-bond acceptors (Lipinski definition) is 7. The maximum Gasteiger partial charge on any atom is 0.321 e. The third-order valence-electron chi connectivity index (χ3n) is 5.06. The van der Waals surface area contributed by atoms with Crippen LogP contribution in [0.3, 0.4) is 0 Å². The Morgan fingerprint density at radius 3 is 1.88 bits per heavy atom. The molecule has 0 saturated carbocycles. The summed E-state index contributed by atoms with van der Waals surface area (Å²) in [6.45, 7) is 8.70. The van der Waals surface area contributed by atoms with Crippen LogP contribution in [0, 0.1) is 11.3 Å². The van der Waals surface area contributed by atoms with Crippen LogP contribution in [0.25, 0.3) is 0 Å². The highest BCUT2D eigenvalue weighted by Crippen LogP contribution is 2.38. The van der Waals surface area contributed by atoms with Crippen LogP contribution >= 0.6 is 9.12 Å². The third-order valence-corrected chi connectivity index (χ3v) is 5.06. The van der Waals surface area contributed by atoms with Crippen LogP contribution < -0.4 is 14.2 Å². The summed E-state index contributed by atoms with van der Waals surface area (Å²) in [5.41, 5.74) is 0.833. The van der Waals surface area contributed by atoms with Crippen molar-refractivity contribution in [3.63, 3.8) is 0 Å². The van der Waals surface area contributed by atoms with Crippen molar-refractivity contribution in [2.24, 2.45) is 11.3 Å². The Bertz CT molecular complexity index is 913. The minimum absolute atomic E-state index is 0.115. The molecule has 34 heavy (non-hydrogen) atoms. The van der Waals surface area contributed by atoms with Crippen LogP contribution in [0.2, 0.25) is 0 Å². The minimum atomic E-state index is -1.14. The number of carbonyl (C=O) groups is 2. The molecule has 0 aromatic heterocycles. The van der Waals surface area contributed by atoms with Gasteiger partial charge in [0.1, 0.15) is 28.7 Å². The molecular weight excluding hydrogens is 455 g/mol. The minimum Gasteiger partial charge on any atom is -0.496 e. The fraction of sp³-hybridized carbons (Fsp3) is 0.462. The van der Waals surface area contributed by atoms with Gasteiger partial charge in [-0.05, 0) is 23.3 Å². The Kier molecular flexibility index (Phi) is 11.9. The van der Waals surface area contributed by atoms with Gasteiger partial charge in [0, 0.05) is 12.1 Å². The van der Waals surface area contributed by atoms with Crippen LogP contribution in [0.15, 0.2) is 42.5 Å². The molecule has 0 aliphatic rings. The number of ether oxygens (including phenoxy) is 4. The summed E-state index contributed by atoms with van der Waals surface area (Å²) in [5.74, 6) is -1.03. The van der Waals surface area contributed by atoms with E-state index in [1.54, 1.807) is 36.4 Å². The van der Waals surface area contributed by atoms with Crippen LogP contribution in [0.4, 0.5) is 0 Å². The molecule has 0 bridgehead atoms. The number of ketones is 1. The Balaban J connectivity index is 0.00000281. The van der Waals surface area contributed by atoms with Crippen molar-refractivity contribution in [1.82, 2.24) is 0 Å². The highest BCUT2D eigenvalue weighted by Gasteiger charge is 2.35. The molecule has 188 valence electrons. The van der Waals surface area contributed by atoms with E-state index in [0.717, 1.165) is 6.42 Å². The fourth-order valence-corrected chi connectivity index (χ4v) is 3.84. The summed E-state index contributed by atoms with van der Waals surface area (Å²) in [6, 6.07) is 12.1. The predicted octanol–water partition coefficient (Wildman–Crippen LogP) is 5.23. The van der Waals surface area contributed by atoms with Gasteiger partial charge in [-0.1, -0.05) is 58.0 Å². The van der Waals surface area contributed by atoms with Crippen LogP contribution in [0.1, 0.15) is 56.0 Å². The van der Waals surface area contributed by atoms with Crippen molar-refractivity contribution >= 4 is 20.9 Å². The van der Waals surface area contributed by atoms with Gasteiger partial charge >= 0.3 is 5.97 Å². The summed E-state index contributed by atoms with van der Waals surface area (Å²) < 4.78 is 30.1. The smallest absolute Gasteiger partial charge is 0.321 e. The van der Waals surface area contributed by atoms with E-state index < -0.39 is 17.7 Å². The Morgan fingerprint density at radius 2 is 1.44 bits per heavy atom. The molecule has 0 spiro atoms. The molecule has 0 fully saturated rings. The molecule has 0 heterocycles. The van der Waals surface area contributed by atoms with Crippen molar-refractivity contribution in [3.8, 4) is 17.2 Å². The fourth-order valence-electron chi connectivity index (χ4n) is 3.84. The number of rotatable bonds is 10. The van der Waals surface area contributed by atoms with E-state index >= 15 is 0 Å². The van der Waals surface area contributed by atoms with Crippen molar-refractivity contribution < 1.29 is 33.1 Å². The van der Waals surface area contributed by atoms with Crippen molar-refractivity contribution in [3.05, 3.63) is 53.6 Å². The molecule has 0 aliphatic carbocycles. The predicted molar refractivity (Wildman–Crippen MR) is 136 cm³/mol.